The number of amides is 3. The molecule has 0 aromatic heterocycles. The number of carbonyl (C=O) groups is 3. The molecule has 2 fully saturated rings. The number of nitrogens with zero attached hydrogens (tertiary/aromatic N) is 1. The highest BCUT2D eigenvalue weighted by Crippen LogP contribution is 2.52. The van der Waals surface area contributed by atoms with Gasteiger partial charge in [-0.15, -0.1) is 0 Å². The first-order valence-corrected chi connectivity index (χ1v) is 7.54. The highest BCUT2D eigenvalue weighted by Gasteiger charge is 2.59. The molecule has 4 rings (SSSR count). The summed E-state index contributed by atoms with van der Waals surface area (Å²) in [6, 6.07) is 9.25. The van der Waals surface area contributed by atoms with Gasteiger partial charge in [0.05, 0.1) is 18.3 Å². The van der Waals surface area contributed by atoms with Gasteiger partial charge in [-0.3, -0.25) is 19.8 Å². The molecule has 2 bridgehead atoms. The number of hydrogen-bond donors (Lipinski definition) is 1. The van der Waals surface area contributed by atoms with Crippen molar-refractivity contribution in [1.29, 1.82) is 0 Å². The first-order chi connectivity index (χ1) is 10.6. The minimum atomic E-state index is -0.340. The molecule has 1 heterocycles. The van der Waals surface area contributed by atoms with Crippen LogP contribution < -0.4 is 5.43 Å². The van der Waals surface area contributed by atoms with Crippen LogP contribution in [0.3, 0.4) is 0 Å². The fourth-order valence-corrected chi connectivity index (χ4v) is 3.96. The Hall–Kier alpha value is -2.43. The molecule has 22 heavy (non-hydrogen) atoms. The van der Waals surface area contributed by atoms with Gasteiger partial charge in [0, 0.05) is 0 Å². The van der Waals surface area contributed by atoms with Crippen molar-refractivity contribution in [2.24, 2.45) is 23.7 Å². The lowest BCUT2D eigenvalue weighted by Crippen LogP contribution is -2.47. The first kappa shape index (κ1) is 13.2. The van der Waals surface area contributed by atoms with Crippen LogP contribution in [0.2, 0.25) is 0 Å². The van der Waals surface area contributed by atoms with Crippen LogP contribution in [0.25, 0.3) is 0 Å². The lowest BCUT2D eigenvalue weighted by molar-refractivity contribution is -0.149. The molecule has 5 nitrogen and oxygen atoms in total. The Balaban J connectivity index is 1.47. The van der Waals surface area contributed by atoms with E-state index in [2.05, 4.69) is 5.43 Å². The largest absolute Gasteiger partial charge is 0.273 e. The van der Waals surface area contributed by atoms with E-state index >= 15 is 0 Å². The number of nitrogens with one attached hydrogen (secondary N) is 1. The van der Waals surface area contributed by atoms with Crippen molar-refractivity contribution >= 4 is 17.7 Å². The van der Waals surface area contributed by atoms with E-state index in [0.29, 0.717) is 0 Å². The topological polar surface area (TPSA) is 66.5 Å². The fourth-order valence-electron chi connectivity index (χ4n) is 3.96. The third-order valence-electron chi connectivity index (χ3n) is 4.91. The molecule has 2 aliphatic carbocycles. The summed E-state index contributed by atoms with van der Waals surface area (Å²) in [5.74, 6) is -1.10. The van der Waals surface area contributed by atoms with Gasteiger partial charge in [-0.2, -0.15) is 5.01 Å². The standard InChI is InChI=1S/C17H16N2O3/c20-13(8-10-4-2-1-3-5-10)18-19-16(21)14-11-6-7-12(9-11)15(14)17(19)22/h1-7,11-12,14-15H,8-9H2,(H,18,20)/t11-,12-,14+,15+/m0/s1. The van der Waals surface area contributed by atoms with Crippen molar-refractivity contribution < 1.29 is 14.4 Å². The van der Waals surface area contributed by atoms with Crippen LogP contribution in [-0.2, 0) is 20.8 Å². The van der Waals surface area contributed by atoms with Gasteiger partial charge in [-0.1, -0.05) is 42.5 Å². The van der Waals surface area contributed by atoms with Crippen LogP contribution in [0, 0.1) is 23.7 Å². The summed E-state index contributed by atoms with van der Waals surface area (Å²) in [5.41, 5.74) is 3.34. The molecule has 1 aliphatic heterocycles. The third-order valence-corrected chi connectivity index (χ3v) is 4.91. The second-order valence-corrected chi connectivity index (χ2v) is 6.21. The van der Waals surface area contributed by atoms with Crippen LogP contribution in [-0.4, -0.2) is 22.7 Å². The Kier molecular flexibility index (Phi) is 2.89. The summed E-state index contributed by atoms with van der Waals surface area (Å²) < 4.78 is 0. The average molecular weight is 296 g/mol. The van der Waals surface area contributed by atoms with E-state index in [1.54, 1.807) is 0 Å². The zero-order valence-corrected chi connectivity index (χ0v) is 11.9. The minimum absolute atomic E-state index is 0.151. The average Bonchev–Trinajstić information content (AvgIpc) is 3.18. The molecule has 3 aliphatic rings. The summed E-state index contributed by atoms with van der Waals surface area (Å²) in [6.45, 7) is 0. The Morgan fingerprint density at radius 3 is 2.23 bits per heavy atom. The molecule has 112 valence electrons. The molecule has 1 aromatic carbocycles. The van der Waals surface area contributed by atoms with Crippen LogP contribution >= 0.6 is 0 Å². The van der Waals surface area contributed by atoms with E-state index in [4.69, 9.17) is 0 Å². The number of carbonyl (C=O) groups excluding carboxylic acids is 3. The van der Waals surface area contributed by atoms with E-state index in [0.717, 1.165) is 17.0 Å². The van der Waals surface area contributed by atoms with Crippen molar-refractivity contribution in [1.82, 2.24) is 10.4 Å². The SMILES string of the molecule is O=C(Cc1ccccc1)NN1C(=O)[C@H]2[C@H](C1=O)[C@H]1C=C[C@H]2C1. The molecule has 1 aromatic rings. The maximum atomic E-state index is 12.4. The van der Waals surface area contributed by atoms with Crippen molar-refractivity contribution in [3.05, 3.63) is 48.0 Å². The summed E-state index contributed by atoms with van der Waals surface area (Å²) >= 11 is 0. The Morgan fingerprint density at radius 2 is 1.64 bits per heavy atom. The smallest absolute Gasteiger partial charge is 0.252 e. The summed E-state index contributed by atoms with van der Waals surface area (Å²) in [5, 5.41) is 0.951. The molecule has 0 radical (unpaired) electrons. The number of hydrazine groups is 1. The maximum absolute atomic E-state index is 12.4. The number of rotatable bonds is 3. The van der Waals surface area contributed by atoms with E-state index < -0.39 is 0 Å². The van der Waals surface area contributed by atoms with Gasteiger partial charge in [0.2, 0.25) is 5.91 Å². The number of allylic oxidation sites excluding steroid dienone is 2. The van der Waals surface area contributed by atoms with E-state index in [1.807, 2.05) is 42.5 Å². The predicted octanol–water partition coefficient (Wildman–Crippen LogP) is 1.07. The third kappa shape index (κ3) is 1.89. The number of fused-ring (bicyclic) bond motifs is 5. The maximum Gasteiger partial charge on any atom is 0.252 e. The Labute approximate surface area is 128 Å². The molecule has 0 unspecified atom stereocenters. The van der Waals surface area contributed by atoms with Crippen LogP contribution in [0.5, 0.6) is 0 Å². The van der Waals surface area contributed by atoms with Gasteiger partial charge >= 0.3 is 0 Å². The van der Waals surface area contributed by atoms with Crippen LogP contribution in [0.4, 0.5) is 0 Å². The monoisotopic (exact) mass is 296 g/mol. The molecule has 0 spiro atoms. The number of hydrogen-bond acceptors (Lipinski definition) is 3. The molecule has 3 amide bonds. The first-order valence-electron chi connectivity index (χ1n) is 7.54. The van der Waals surface area contributed by atoms with Crippen molar-refractivity contribution in [2.75, 3.05) is 0 Å². The van der Waals surface area contributed by atoms with E-state index in [-0.39, 0.29) is 47.8 Å². The normalized spacial score (nSPS) is 31.7. The quantitative estimate of drug-likeness (QED) is 0.670. The van der Waals surface area contributed by atoms with Gasteiger partial charge < -0.3 is 0 Å². The highest BCUT2D eigenvalue weighted by molar-refractivity contribution is 6.07. The van der Waals surface area contributed by atoms with Gasteiger partial charge in [0.1, 0.15) is 0 Å². The Bertz CT molecular complexity index is 652. The highest BCUT2D eigenvalue weighted by atomic mass is 16.2. The van der Waals surface area contributed by atoms with Crippen molar-refractivity contribution in [2.45, 2.75) is 12.8 Å². The van der Waals surface area contributed by atoms with Gasteiger partial charge in [-0.25, -0.2) is 0 Å². The van der Waals surface area contributed by atoms with Crippen molar-refractivity contribution in [3.8, 4) is 0 Å². The fraction of sp³-hybridized carbons (Fsp3) is 0.353. The van der Waals surface area contributed by atoms with E-state index in [9.17, 15) is 14.4 Å². The number of imide groups is 1. The number of benzene rings is 1. The summed E-state index contributed by atoms with van der Waals surface area (Å²) in [7, 11) is 0. The lowest BCUT2D eigenvalue weighted by Gasteiger charge is -2.17. The predicted molar refractivity (Wildman–Crippen MR) is 77.9 cm³/mol. The van der Waals surface area contributed by atoms with Gasteiger partial charge in [-0.05, 0) is 23.8 Å². The second-order valence-electron chi connectivity index (χ2n) is 6.21. The molecule has 4 atom stereocenters. The zero-order chi connectivity index (χ0) is 15.3. The molecule has 1 saturated carbocycles. The molecule has 1 saturated heterocycles. The molecule has 1 N–H and O–H groups in total. The second kappa shape index (κ2) is 4.80. The lowest BCUT2D eigenvalue weighted by atomic mass is 9.85. The van der Waals surface area contributed by atoms with E-state index in [1.165, 1.54) is 0 Å². The molecular formula is C17H16N2O3. The summed E-state index contributed by atoms with van der Waals surface area (Å²) in [6.07, 6.45) is 5.11. The van der Waals surface area contributed by atoms with Gasteiger partial charge in [0.15, 0.2) is 0 Å². The zero-order valence-electron chi connectivity index (χ0n) is 11.9. The minimum Gasteiger partial charge on any atom is -0.273 e. The summed E-state index contributed by atoms with van der Waals surface area (Å²) in [4.78, 5) is 36.9. The Morgan fingerprint density at radius 1 is 1.05 bits per heavy atom. The van der Waals surface area contributed by atoms with Gasteiger partial charge in [0.25, 0.3) is 11.8 Å². The van der Waals surface area contributed by atoms with Crippen LogP contribution in [0.1, 0.15) is 12.0 Å². The molecular weight excluding hydrogens is 280 g/mol. The van der Waals surface area contributed by atoms with Crippen LogP contribution in [0.15, 0.2) is 42.5 Å². The van der Waals surface area contributed by atoms with Crippen molar-refractivity contribution in [3.63, 3.8) is 0 Å². The molecule has 5 heteroatoms.